The zero-order valence-corrected chi connectivity index (χ0v) is 46.9. The summed E-state index contributed by atoms with van der Waals surface area (Å²) in [6.45, 7) is 8.02. The first kappa shape index (κ1) is 59.5. The molecule has 8 rings (SSSR count). The van der Waals surface area contributed by atoms with Crippen LogP contribution in [0.1, 0.15) is 54.7 Å². The van der Waals surface area contributed by atoms with E-state index in [1.54, 1.807) is 111 Å². The Bertz CT molecular complexity index is 3860. The number of aromatic hydroxyl groups is 1. The molecule has 8 aromatic rings. The van der Waals surface area contributed by atoms with Gasteiger partial charge in [0.2, 0.25) is 0 Å². The van der Waals surface area contributed by atoms with Crippen molar-refractivity contribution < 1.29 is 55.5 Å². The van der Waals surface area contributed by atoms with E-state index in [4.69, 9.17) is 32.7 Å². The number of ether oxygens (including phenoxy) is 2. The van der Waals surface area contributed by atoms with Crippen molar-refractivity contribution in [2.24, 2.45) is 25.4 Å². The number of hydrogen-bond acceptors (Lipinski definition) is 15. The van der Waals surface area contributed by atoms with Crippen molar-refractivity contribution in [1.29, 1.82) is 0 Å². The number of azo groups is 2. The molecule has 0 bridgehead atoms. The Morgan fingerprint density at radius 2 is 1.09 bits per heavy atom. The summed E-state index contributed by atoms with van der Waals surface area (Å²) >= 11 is 12.6. The fourth-order valence-corrected chi connectivity index (χ4v) is 9.78. The molecule has 0 aliphatic carbocycles. The molecule has 8 aromatic carbocycles. The zero-order valence-electron chi connectivity index (χ0n) is 41.6. The Kier molecular flexibility index (Phi) is 20.2. The topological polar surface area (TPSA) is 284 Å². The molecule has 0 fully saturated rings. The summed E-state index contributed by atoms with van der Waals surface area (Å²) in [5, 5.41) is 58.8. The largest absolute Gasteiger partial charge is 2.00 e. The van der Waals surface area contributed by atoms with Crippen molar-refractivity contribution in [2.45, 2.75) is 50.3 Å². The van der Waals surface area contributed by atoms with Gasteiger partial charge >= 0.3 is 37.7 Å². The number of hydrogen-bond donors (Lipinski definition) is 4. The minimum atomic E-state index is -4.55. The summed E-state index contributed by atoms with van der Waals surface area (Å²) in [6, 6.07) is 35.1. The number of carbonyl (C=O) groups is 1. The van der Waals surface area contributed by atoms with Crippen LogP contribution in [0.2, 0.25) is 10.0 Å². The Balaban J connectivity index is 0.000000246. The maximum Gasteiger partial charge on any atom is 2.00 e. The van der Waals surface area contributed by atoms with E-state index in [2.05, 4.69) is 30.8 Å². The summed E-state index contributed by atoms with van der Waals surface area (Å²) in [7, 11) is -9.09. The Hall–Kier alpha value is -6.72. The molecule has 0 unspecified atom stereocenters. The van der Waals surface area contributed by atoms with Gasteiger partial charge in [-0.05, 0) is 121 Å². The Labute approximate surface area is 483 Å². The fourth-order valence-electron chi connectivity index (χ4n) is 7.74. The number of phenols is 1. The van der Waals surface area contributed by atoms with Gasteiger partial charge in [0.15, 0.2) is 5.75 Å². The van der Waals surface area contributed by atoms with E-state index >= 15 is 0 Å². The molecule has 0 saturated heterocycles. The fraction of sp³-hybridized carbons (Fsp3) is 0.148. The van der Waals surface area contributed by atoms with E-state index in [9.17, 15) is 46.1 Å². The second-order valence-electron chi connectivity index (χ2n) is 16.3. The first-order valence-electron chi connectivity index (χ1n) is 23.2. The first-order valence-corrected chi connectivity index (χ1v) is 26.8. The first-order chi connectivity index (χ1) is 36.2. The van der Waals surface area contributed by atoms with Crippen LogP contribution in [-0.2, 0) is 33.1 Å². The number of aliphatic imine (C=N–C) groups is 1. The number of fused-ring (bicyclic) bond motifs is 2. The van der Waals surface area contributed by atoms with Crippen LogP contribution in [-0.4, -0.2) is 93.8 Å². The van der Waals surface area contributed by atoms with Crippen molar-refractivity contribution in [2.75, 3.05) is 18.5 Å². The van der Waals surface area contributed by atoms with Crippen molar-refractivity contribution in [1.82, 2.24) is 0 Å². The van der Waals surface area contributed by atoms with E-state index in [0.717, 1.165) is 12.1 Å². The maximum absolute atomic E-state index is 13.4. The molecule has 0 radical (unpaired) electrons. The third-order valence-corrected chi connectivity index (χ3v) is 13.8. The van der Waals surface area contributed by atoms with Crippen LogP contribution in [0.3, 0.4) is 0 Å². The number of anilines is 1. The van der Waals surface area contributed by atoms with Crippen LogP contribution in [0, 0.1) is 0 Å². The van der Waals surface area contributed by atoms with E-state index < -0.39 is 43.5 Å². The Morgan fingerprint density at radius 3 is 1.61 bits per heavy atom. The number of halogens is 2. The summed E-state index contributed by atoms with van der Waals surface area (Å²) < 4.78 is 77.5. The summed E-state index contributed by atoms with van der Waals surface area (Å²) in [5.74, 6) is -1.38. The van der Waals surface area contributed by atoms with E-state index in [-0.39, 0.29) is 91.5 Å². The van der Waals surface area contributed by atoms with Crippen molar-refractivity contribution >= 4 is 149 Å². The molecule has 0 aromatic heterocycles. The molecular weight excluding hydrogens is 1100 g/mol. The molecular formula is C54H46CaCl2N6O12S2. The van der Waals surface area contributed by atoms with Crippen molar-refractivity contribution in [3.05, 3.63) is 166 Å². The average Bonchev–Trinajstić information content (AvgIpc) is 3.38. The Morgan fingerprint density at radius 1 is 0.610 bits per heavy atom. The molecule has 392 valence electrons. The van der Waals surface area contributed by atoms with Gasteiger partial charge in [-0.15, -0.1) is 15.3 Å². The smallest absolute Gasteiger partial charge is 0.871 e. The van der Waals surface area contributed by atoms with Gasteiger partial charge < -0.3 is 30.1 Å². The van der Waals surface area contributed by atoms with Crippen LogP contribution >= 0.6 is 23.2 Å². The van der Waals surface area contributed by atoms with Gasteiger partial charge in [0, 0.05) is 28.6 Å². The van der Waals surface area contributed by atoms with Gasteiger partial charge in [-0.25, -0.2) is 0 Å². The minimum absolute atomic E-state index is 0. The average molecular weight is 1150 g/mol. The predicted molar refractivity (Wildman–Crippen MR) is 294 cm³/mol. The van der Waals surface area contributed by atoms with Gasteiger partial charge in [-0.2, -0.15) is 21.9 Å². The molecule has 1 amide bonds. The quantitative estimate of drug-likeness (QED) is 0.0231. The summed E-state index contributed by atoms with van der Waals surface area (Å²) in [5.41, 5.74) is 0.863. The van der Waals surface area contributed by atoms with Crippen LogP contribution in [0.25, 0.3) is 21.5 Å². The van der Waals surface area contributed by atoms with Gasteiger partial charge in [0.05, 0.1) is 50.0 Å². The van der Waals surface area contributed by atoms with Gasteiger partial charge in [-0.3, -0.25) is 18.9 Å². The number of rotatable bonds is 16. The molecule has 18 nitrogen and oxygen atoms in total. The van der Waals surface area contributed by atoms with Crippen LogP contribution in [0.4, 0.5) is 34.1 Å². The van der Waals surface area contributed by atoms with E-state index in [1.807, 2.05) is 13.8 Å². The van der Waals surface area contributed by atoms with Gasteiger partial charge in [-0.1, -0.05) is 103 Å². The van der Waals surface area contributed by atoms with Crippen molar-refractivity contribution in [3.63, 3.8) is 0 Å². The molecule has 4 N–H and O–H groups in total. The van der Waals surface area contributed by atoms with Gasteiger partial charge in [0.25, 0.3) is 26.1 Å². The molecule has 0 aliphatic heterocycles. The number of nitrogens with one attached hydrogen (secondary N) is 1. The molecule has 0 aliphatic rings. The molecule has 0 heterocycles. The van der Waals surface area contributed by atoms with E-state index in [1.165, 1.54) is 24.3 Å². The standard InChI is InChI=1S/2C27H24ClN3O6S.Ca/c2*1-3-16-13-22(28)23(15-24(16)38(34,35)36)30-31-25-20-11-6-5-8-17(20)12-21(26(25)32)27(33)29-18-9-7-10-19(14-18)37-4-2;/h2*5-15,32H,3-4H2,1-2H3,(H,29,33)(H,34,35,36);/q;;+2/p-2. The minimum Gasteiger partial charge on any atom is -0.871 e. The number of benzene rings is 8. The number of carbonyl (C=O) groups excluding carboxylic acids is 1. The van der Waals surface area contributed by atoms with Crippen LogP contribution in [0.5, 0.6) is 23.0 Å². The SMILES string of the molecule is CCOc1cccc(N=C([O-])c2cc3ccccc3c(N=Nc3cc(S(=O)(=O)O)c(CC)cc3Cl)c2[O-])c1.CCOc1cccc(NC(=O)c2cc3ccccc3c(N=Nc3cc(S(=O)(=O)O)c(CC)cc3Cl)c2O)c1.[Ca+2]. The third kappa shape index (κ3) is 14.5. The summed E-state index contributed by atoms with van der Waals surface area (Å²) in [6.07, 6.45) is 0.602. The number of phenolic OH excluding ortho intramolecular Hbond substituents is 1. The molecule has 0 spiro atoms. The zero-order chi connectivity index (χ0) is 54.9. The predicted octanol–water partition coefficient (Wildman–Crippen LogP) is 12.3. The second-order valence-corrected chi connectivity index (χ2v) is 19.9. The monoisotopic (exact) mass is 1140 g/mol. The molecule has 0 saturated carbocycles. The summed E-state index contributed by atoms with van der Waals surface area (Å²) in [4.78, 5) is 16.5. The number of aryl methyl sites for hydroxylation is 2. The van der Waals surface area contributed by atoms with Crippen LogP contribution < -0.4 is 25.0 Å². The van der Waals surface area contributed by atoms with E-state index in [0.29, 0.717) is 81.6 Å². The molecule has 23 heteroatoms. The van der Waals surface area contributed by atoms with Crippen LogP contribution in [0.15, 0.2) is 169 Å². The van der Waals surface area contributed by atoms with Crippen molar-refractivity contribution in [3.8, 4) is 23.0 Å². The second kappa shape index (κ2) is 26.1. The van der Waals surface area contributed by atoms with Gasteiger partial charge in [0.1, 0.15) is 28.6 Å². The normalized spacial score (nSPS) is 11.9. The molecule has 0 atom stereocenters. The third-order valence-electron chi connectivity index (χ3n) is 11.3. The number of nitrogens with zero attached hydrogens (tertiary/aromatic N) is 5. The number of amides is 1. The maximum atomic E-state index is 13.4. The molecule has 77 heavy (non-hydrogen) atoms.